The molecular formula is C16H23NO. The maximum atomic E-state index is 5.54. The van der Waals surface area contributed by atoms with Gasteiger partial charge in [-0.3, -0.25) is 0 Å². The van der Waals surface area contributed by atoms with Crippen molar-refractivity contribution in [2.45, 2.75) is 32.1 Å². The third kappa shape index (κ3) is 1.42. The molecule has 1 heterocycles. The fourth-order valence-corrected chi connectivity index (χ4v) is 3.88. The topological polar surface area (TPSA) is 12.5 Å². The van der Waals surface area contributed by atoms with Gasteiger partial charge in [-0.05, 0) is 42.6 Å². The van der Waals surface area contributed by atoms with E-state index in [1.54, 1.807) is 11.1 Å². The van der Waals surface area contributed by atoms with Crippen LogP contribution in [0.1, 0.15) is 35.1 Å². The van der Waals surface area contributed by atoms with Crippen molar-refractivity contribution in [3.05, 3.63) is 34.4 Å². The molecular weight excluding hydrogens is 222 g/mol. The van der Waals surface area contributed by atoms with Gasteiger partial charge in [0.2, 0.25) is 0 Å². The van der Waals surface area contributed by atoms with Crippen molar-refractivity contribution in [3.8, 4) is 0 Å². The Balaban J connectivity index is 2.05. The predicted molar refractivity (Wildman–Crippen MR) is 74.3 cm³/mol. The maximum Gasteiger partial charge on any atom is 0.0578 e. The molecule has 0 bridgehead atoms. The summed E-state index contributed by atoms with van der Waals surface area (Å²) in [4.78, 5) is 2.56. The second-order valence-corrected chi connectivity index (χ2v) is 5.99. The van der Waals surface area contributed by atoms with Gasteiger partial charge in [0.1, 0.15) is 0 Å². The van der Waals surface area contributed by atoms with E-state index in [9.17, 15) is 0 Å². The molecule has 1 fully saturated rings. The number of fused-ring (bicyclic) bond motifs is 4. The molecule has 1 aromatic rings. The van der Waals surface area contributed by atoms with Gasteiger partial charge in [0.05, 0.1) is 6.61 Å². The lowest BCUT2D eigenvalue weighted by atomic mass is 9.57. The van der Waals surface area contributed by atoms with Gasteiger partial charge >= 0.3 is 0 Å². The highest BCUT2D eigenvalue weighted by Gasteiger charge is 2.56. The monoisotopic (exact) mass is 245 g/mol. The molecule has 1 aliphatic carbocycles. The normalized spacial score (nSPS) is 29.9. The summed E-state index contributed by atoms with van der Waals surface area (Å²) in [5.74, 6) is 0.687. The van der Waals surface area contributed by atoms with Crippen LogP contribution in [-0.2, 0) is 10.2 Å². The third-order valence-electron chi connectivity index (χ3n) is 5.04. The second-order valence-electron chi connectivity index (χ2n) is 5.99. The van der Waals surface area contributed by atoms with E-state index in [1.807, 2.05) is 7.11 Å². The molecule has 2 atom stereocenters. The van der Waals surface area contributed by atoms with Crippen LogP contribution < -0.4 is 0 Å². The second kappa shape index (κ2) is 4.07. The SMILES string of the molecule is CCN1CC2c3cc(C)c(C)cc3C2(COC)C1. The minimum Gasteiger partial charge on any atom is -0.384 e. The zero-order valence-electron chi connectivity index (χ0n) is 11.9. The van der Waals surface area contributed by atoms with Crippen LogP contribution >= 0.6 is 0 Å². The molecule has 0 spiro atoms. The first kappa shape index (κ1) is 12.2. The lowest BCUT2D eigenvalue weighted by molar-refractivity contribution is 0.110. The maximum absolute atomic E-state index is 5.54. The lowest BCUT2D eigenvalue weighted by Crippen LogP contribution is -2.47. The van der Waals surface area contributed by atoms with Gasteiger partial charge in [0, 0.05) is 31.5 Å². The summed E-state index contributed by atoms with van der Waals surface area (Å²) in [5.41, 5.74) is 6.24. The van der Waals surface area contributed by atoms with E-state index in [2.05, 4.69) is 37.8 Å². The number of hydrogen-bond acceptors (Lipinski definition) is 2. The van der Waals surface area contributed by atoms with Crippen molar-refractivity contribution in [3.63, 3.8) is 0 Å². The van der Waals surface area contributed by atoms with Crippen LogP contribution in [0, 0.1) is 13.8 Å². The zero-order chi connectivity index (χ0) is 12.9. The van der Waals surface area contributed by atoms with Crippen LogP contribution in [0.4, 0.5) is 0 Å². The van der Waals surface area contributed by atoms with Crippen molar-refractivity contribution in [2.24, 2.45) is 0 Å². The molecule has 2 nitrogen and oxygen atoms in total. The van der Waals surface area contributed by atoms with Crippen molar-refractivity contribution >= 4 is 0 Å². The van der Waals surface area contributed by atoms with Crippen molar-refractivity contribution < 1.29 is 4.74 Å². The van der Waals surface area contributed by atoms with Gasteiger partial charge in [-0.2, -0.15) is 0 Å². The highest BCUT2D eigenvalue weighted by molar-refractivity contribution is 5.56. The molecule has 0 radical (unpaired) electrons. The van der Waals surface area contributed by atoms with Crippen LogP contribution in [0.5, 0.6) is 0 Å². The third-order valence-corrected chi connectivity index (χ3v) is 5.04. The lowest BCUT2D eigenvalue weighted by Gasteiger charge is -2.46. The summed E-state index contributed by atoms with van der Waals surface area (Å²) in [5, 5.41) is 0. The molecule has 2 aliphatic rings. The van der Waals surface area contributed by atoms with Gasteiger partial charge in [-0.1, -0.05) is 19.1 Å². The number of rotatable bonds is 3. The first-order chi connectivity index (χ1) is 8.62. The van der Waals surface area contributed by atoms with Crippen LogP contribution in [0.3, 0.4) is 0 Å². The summed E-state index contributed by atoms with van der Waals surface area (Å²) in [7, 11) is 1.83. The molecule has 0 N–H and O–H groups in total. The fraction of sp³-hybridized carbons (Fsp3) is 0.625. The average molecular weight is 245 g/mol. The Morgan fingerprint density at radius 2 is 2.06 bits per heavy atom. The number of nitrogens with zero attached hydrogens (tertiary/aromatic N) is 1. The first-order valence-corrected chi connectivity index (χ1v) is 6.95. The Morgan fingerprint density at radius 3 is 2.72 bits per heavy atom. The number of ether oxygens (including phenoxy) is 1. The average Bonchev–Trinajstić information content (AvgIpc) is 2.68. The largest absolute Gasteiger partial charge is 0.384 e. The fourth-order valence-electron chi connectivity index (χ4n) is 3.88. The van der Waals surface area contributed by atoms with Crippen molar-refractivity contribution in [1.29, 1.82) is 0 Å². The Bertz CT molecular complexity index is 482. The Labute approximate surface area is 110 Å². The summed E-state index contributed by atoms with van der Waals surface area (Å²) in [6.45, 7) is 11.1. The van der Waals surface area contributed by atoms with Crippen molar-refractivity contribution in [2.75, 3.05) is 33.4 Å². The molecule has 0 saturated carbocycles. The van der Waals surface area contributed by atoms with E-state index >= 15 is 0 Å². The van der Waals surface area contributed by atoms with Gasteiger partial charge in [-0.25, -0.2) is 0 Å². The van der Waals surface area contributed by atoms with E-state index < -0.39 is 0 Å². The summed E-state index contributed by atoms with van der Waals surface area (Å²) in [6.07, 6.45) is 0. The van der Waals surface area contributed by atoms with Crippen LogP contribution in [0.25, 0.3) is 0 Å². The number of likely N-dealkylation sites (tertiary alicyclic amines) is 1. The molecule has 98 valence electrons. The van der Waals surface area contributed by atoms with E-state index in [0.29, 0.717) is 5.92 Å². The van der Waals surface area contributed by atoms with E-state index in [-0.39, 0.29) is 5.41 Å². The molecule has 1 saturated heterocycles. The summed E-state index contributed by atoms with van der Waals surface area (Å²) in [6, 6.07) is 4.81. The van der Waals surface area contributed by atoms with E-state index in [1.165, 1.54) is 17.7 Å². The highest BCUT2D eigenvalue weighted by atomic mass is 16.5. The predicted octanol–water partition coefficient (Wildman–Crippen LogP) is 2.62. The molecule has 18 heavy (non-hydrogen) atoms. The van der Waals surface area contributed by atoms with Crippen molar-refractivity contribution in [1.82, 2.24) is 4.90 Å². The van der Waals surface area contributed by atoms with Crippen LogP contribution in [-0.4, -0.2) is 38.3 Å². The highest BCUT2D eigenvalue weighted by Crippen LogP contribution is 2.56. The van der Waals surface area contributed by atoms with Crippen LogP contribution in [0.15, 0.2) is 12.1 Å². The molecule has 1 aliphatic heterocycles. The minimum atomic E-state index is 0.276. The molecule has 2 unspecified atom stereocenters. The summed E-state index contributed by atoms with van der Waals surface area (Å²) < 4.78 is 5.54. The molecule has 0 amide bonds. The number of aryl methyl sites for hydroxylation is 2. The van der Waals surface area contributed by atoms with Gasteiger partial charge in [0.15, 0.2) is 0 Å². The van der Waals surface area contributed by atoms with Gasteiger partial charge in [0.25, 0.3) is 0 Å². The standard InChI is InChI=1S/C16H23NO/c1-5-17-8-15-13-6-11(2)12(3)7-14(13)16(15,9-17)10-18-4/h6-7,15H,5,8-10H2,1-4H3. The van der Waals surface area contributed by atoms with Crippen LogP contribution in [0.2, 0.25) is 0 Å². The smallest absolute Gasteiger partial charge is 0.0578 e. The number of hydrogen-bond donors (Lipinski definition) is 0. The molecule has 0 aromatic heterocycles. The van der Waals surface area contributed by atoms with E-state index in [4.69, 9.17) is 4.74 Å². The molecule has 3 rings (SSSR count). The Kier molecular flexibility index (Phi) is 2.76. The Hall–Kier alpha value is -0.860. The minimum absolute atomic E-state index is 0.276. The van der Waals surface area contributed by atoms with Gasteiger partial charge in [-0.15, -0.1) is 0 Å². The summed E-state index contributed by atoms with van der Waals surface area (Å²) >= 11 is 0. The quantitative estimate of drug-likeness (QED) is 0.811. The zero-order valence-corrected chi connectivity index (χ0v) is 11.9. The molecule has 1 aromatic carbocycles. The first-order valence-electron chi connectivity index (χ1n) is 6.95. The van der Waals surface area contributed by atoms with E-state index in [0.717, 1.165) is 19.7 Å². The number of methoxy groups -OCH3 is 1. The number of benzene rings is 1. The molecule has 2 heteroatoms. The Morgan fingerprint density at radius 1 is 1.33 bits per heavy atom. The van der Waals surface area contributed by atoms with Gasteiger partial charge < -0.3 is 9.64 Å². The number of likely N-dealkylation sites (N-methyl/N-ethyl adjacent to an activating group) is 1.